The average molecular weight is 279 g/mol. The van der Waals surface area contributed by atoms with E-state index in [0.717, 1.165) is 52.8 Å². The summed E-state index contributed by atoms with van der Waals surface area (Å²) in [5, 5.41) is 0.984. The monoisotopic (exact) mass is 279 g/mol. The number of nitrogens with one attached hydrogen (secondary N) is 1. The van der Waals surface area contributed by atoms with Crippen molar-refractivity contribution in [3.63, 3.8) is 0 Å². The largest absolute Gasteiger partial charge is 0.358 e. The molecule has 0 amide bonds. The van der Waals surface area contributed by atoms with E-state index < -0.39 is 0 Å². The third kappa shape index (κ3) is 1.82. The second-order valence-corrected chi connectivity index (χ2v) is 5.69. The van der Waals surface area contributed by atoms with Crippen LogP contribution in [0.25, 0.3) is 10.9 Å². The molecule has 0 saturated heterocycles. The third-order valence-electron chi connectivity index (χ3n) is 4.36. The fourth-order valence-electron chi connectivity index (χ4n) is 3.32. The summed E-state index contributed by atoms with van der Waals surface area (Å²) in [6, 6.07) is 7.94. The van der Waals surface area contributed by atoms with E-state index in [1.807, 2.05) is 31.2 Å². The minimum Gasteiger partial charge on any atom is -0.358 e. The Morgan fingerprint density at radius 1 is 1.24 bits per heavy atom. The number of nitrogens with zero attached hydrogens (tertiary/aromatic N) is 2. The van der Waals surface area contributed by atoms with Gasteiger partial charge in [0.2, 0.25) is 0 Å². The van der Waals surface area contributed by atoms with Gasteiger partial charge >= 0.3 is 0 Å². The summed E-state index contributed by atoms with van der Waals surface area (Å²) in [5.74, 6) is 0.0283. The average Bonchev–Trinajstić information content (AvgIpc) is 3.06. The molecular weight excluding hydrogens is 262 g/mol. The number of H-pyrrole nitrogens is 1. The maximum Gasteiger partial charge on any atom is 0.265 e. The van der Waals surface area contributed by atoms with Crippen LogP contribution in [-0.4, -0.2) is 20.4 Å². The van der Waals surface area contributed by atoms with E-state index >= 15 is 0 Å². The smallest absolute Gasteiger partial charge is 0.265 e. The van der Waals surface area contributed by atoms with Crippen molar-refractivity contribution < 1.29 is 4.79 Å². The molecule has 21 heavy (non-hydrogen) atoms. The second kappa shape index (κ2) is 4.58. The van der Waals surface area contributed by atoms with Crippen LogP contribution in [0.2, 0.25) is 0 Å². The molecule has 1 N–H and O–H groups in total. The predicted molar refractivity (Wildman–Crippen MR) is 81.6 cm³/mol. The van der Waals surface area contributed by atoms with Gasteiger partial charge in [-0.1, -0.05) is 18.2 Å². The van der Waals surface area contributed by atoms with E-state index in [1.165, 1.54) is 6.42 Å². The molecule has 1 aliphatic carbocycles. The molecule has 2 aromatic heterocycles. The molecule has 0 saturated carbocycles. The molecule has 0 aliphatic heterocycles. The second-order valence-electron chi connectivity index (χ2n) is 5.69. The topological polar surface area (TPSA) is 50.7 Å². The number of benzene rings is 1. The van der Waals surface area contributed by atoms with Crippen molar-refractivity contribution in [2.75, 3.05) is 0 Å². The zero-order valence-electron chi connectivity index (χ0n) is 12.0. The highest BCUT2D eigenvalue weighted by atomic mass is 16.2. The van der Waals surface area contributed by atoms with E-state index in [4.69, 9.17) is 0 Å². The molecule has 4 rings (SSSR count). The number of hydrogen-bond acceptors (Lipinski definition) is 2. The fourth-order valence-corrected chi connectivity index (χ4v) is 3.32. The van der Waals surface area contributed by atoms with Gasteiger partial charge in [0.05, 0.1) is 11.3 Å². The molecule has 0 bridgehead atoms. The number of rotatable bonds is 1. The van der Waals surface area contributed by atoms with E-state index in [-0.39, 0.29) is 5.91 Å². The van der Waals surface area contributed by atoms with Gasteiger partial charge in [-0.15, -0.1) is 0 Å². The Hall–Kier alpha value is -2.36. The molecule has 0 fully saturated rings. The predicted octanol–water partition coefficient (Wildman–Crippen LogP) is 3.24. The maximum absolute atomic E-state index is 13.0. The zero-order chi connectivity index (χ0) is 14.4. The lowest BCUT2D eigenvalue weighted by molar-refractivity contribution is 0.0957. The first-order valence-corrected chi connectivity index (χ1v) is 7.43. The Morgan fingerprint density at radius 3 is 2.95 bits per heavy atom. The van der Waals surface area contributed by atoms with Crippen LogP contribution in [0, 0.1) is 6.92 Å². The Balaban J connectivity index is 1.87. The lowest BCUT2D eigenvalue weighted by Crippen LogP contribution is -2.17. The summed E-state index contributed by atoms with van der Waals surface area (Å²) in [5.41, 5.74) is 4.87. The number of carbonyl (C=O) groups is 1. The van der Waals surface area contributed by atoms with Crippen LogP contribution in [0.15, 0.2) is 30.6 Å². The van der Waals surface area contributed by atoms with Crippen molar-refractivity contribution in [3.05, 3.63) is 53.2 Å². The fraction of sp³-hybridized carbons (Fsp3) is 0.294. The van der Waals surface area contributed by atoms with E-state index in [2.05, 4.69) is 9.97 Å². The Bertz CT molecular complexity index is 841. The molecule has 0 spiro atoms. The van der Waals surface area contributed by atoms with Gasteiger partial charge in [0.1, 0.15) is 6.33 Å². The molecule has 0 radical (unpaired) electrons. The summed E-state index contributed by atoms with van der Waals surface area (Å²) < 4.78 is 1.75. The Kier molecular flexibility index (Phi) is 2.70. The highest BCUT2D eigenvalue weighted by molar-refractivity contribution is 6.09. The number of carbonyl (C=O) groups excluding carboxylic acids is 1. The number of imidazole rings is 1. The molecule has 4 nitrogen and oxygen atoms in total. The number of aromatic amines is 1. The van der Waals surface area contributed by atoms with Crippen LogP contribution in [0.1, 0.15) is 40.3 Å². The molecule has 0 unspecified atom stereocenters. The molecule has 1 aliphatic rings. The number of hydrogen-bond donors (Lipinski definition) is 1. The Labute approximate surface area is 122 Å². The van der Waals surface area contributed by atoms with Crippen LogP contribution in [-0.2, 0) is 12.8 Å². The third-order valence-corrected chi connectivity index (χ3v) is 4.36. The maximum atomic E-state index is 13.0. The van der Waals surface area contributed by atoms with Crippen molar-refractivity contribution >= 4 is 16.8 Å². The van der Waals surface area contributed by atoms with Crippen LogP contribution in [0.4, 0.5) is 0 Å². The van der Waals surface area contributed by atoms with Crippen molar-refractivity contribution in [2.45, 2.75) is 32.6 Å². The van der Waals surface area contributed by atoms with Crippen molar-refractivity contribution in [1.29, 1.82) is 0 Å². The number of aromatic nitrogens is 3. The molecule has 0 atom stereocenters. The number of fused-ring (bicyclic) bond motifs is 2. The SMILES string of the molecule is Cc1[nH]c2ccccc2c1C(=O)n1cnc2c1CCCC2. The number of para-hydroxylation sites is 1. The molecular formula is C17H17N3O. The highest BCUT2D eigenvalue weighted by Crippen LogP contribution is 2.25. The van der Waals surface area contributed by atoms with Crippen LogP contribution >= 0.6 is 0 Å². The van der Waals surface area contributed by atoms with Crippen LogP contribution in [0.3, 0.4) is 0 Å². The normalized spacial score (nSPS) is 14.3. The van der Waals surface area contributed by atoms with E-state index in [0.29, 0.717) is 0 Å². The van der Waals surface area contributed by atoms with Gasteiger partial charge < -0.3 is 4.98 Å². The zero-order valence-corrected chi connectivity index (χ0v) is 12.0. The molecule has 106 valence electrons. The van der Waals surface area contributed by atoms with Crippen LogP contribution < -0.4 is 0 Å². The highest BCUT2D eigenvalue weighted by Gasteiger charge is 2.23. The van der Waals surface area contributed by atoms with Gasteiger partial charge in [0.15, 0.2) is 0 Å². The molecule has 2 heterocycles. The summed E-state index contributed by atoms with van der Waals surface area (Å²) in [4.78, 5) is 20.7. The number of aryl methyl sites for hydroxylation is 2. The van der Waals surface area contributed by atoms with Crippen molar-refractivity contribution in [3.8, 4) is 0 Å². The summed E-state index contributed by atoms with van der Waals surface area (Å²) in [6.07, 6.45) is 5.94. The standard InChI is InChI=1S/C17H17N3O/c1-11-16(12-6-2-3-7-13(12)19-11)17(21)20-10-18-14-8-4-5-9-15(14)20/h2-3,6-7,10,19H,4-5,8-9H2,1H3. The summed E-state index contributed by atoms with van der Waals surface area (Å²) in [7, 11) is 0. The lowest BCUT2D eigenvalue weighted by atomic mass is 10.0. The minimum atomic E-state index is 0.0283. The Morgan fingerprint density at radius 2 is 2.05 bits per heavy atom. The van der Waals surface area contributed by atoms with E-state index in [1.54, 1.807) is 10.9 Å². The molecule has 1 aromatic carbocycles. The van der Waals surface area contributed by atoms with Gasteiger partial charge in [-0.2, -0.15) is 0 Å². The van der Waals surface area contributed by atoms with Gasteiger partial charge in [-0.05, 0) is 38.7 Å². The molecule has 4 heteroatoms. The van der Waals surface area contributed by atoms with Crippen molar-refractivity contribution in [2.24, 2.45) is 0 Å². The quantitative estimate of drug-likeness (QED) is 0.743. The van der Waals surface area contributed by atoms with Gasteiger partial charge in [-0.25, -0.2) is 4.98 Å². The van der Waals surface area contributed by atoms with Gasteiger partial charge in [0, 0.05) is 22.3 Å². The van der Waals surface area contributed by atoms with Crippen LogP contribution in [0.5, 0.6) is 0 Å². The molecule has 3 aromatic rings. The first-order valence-electron chi connectivity index (χ1n) is 7.43. The summed E-state index contributed by atoms with van der Waals surface area (Å²) in [6.45, 7) is 1.95. The van der Waals surface area contributed by atoms with E-state index in [9.17, 15) is 4.79 Å². The van der Waals surface area contributed by atoms with Crippen molar-refractivity contribution in [1.82, 2.24) is 14.5 Å². The van der Waals surface area contributed by atoms with Gasteiger partial charge in [-0.3, -0.25) is 9.36 Å². The minimum absolute atomic E-state index is 0.0283. The first-order chi connectivity index (χ1) is 10.3. The lowest BCUT2D eigenvalue weighted by Gasteiger charge is -2.13. The summed E-state index contributed by atoms with van der Waals surface area (Å²) >= 11 is 0. The van der Waals surface area contributed by atoms with Gasteiger partial charge in [0.25, 0.3) is 5.91 Å². The first kappa shape index (κ1) is 12.4.